The lowest BCUT2D eigenvalue weighted by Crippen LogP contribution is -2.31. The van der Waals surface area contributed by atoms with E-state index in [1.165, 1.54) is 11.1 Å². The molecule has 0 amide bonds. The van der Waals surface area contributed by atoms with Crippen LogP contribution >= 0.6 is 0 Å². The van der Waals surface area contributed by atoms with Crippen LogP contribution in [-0.2, 0) is 0 Å². The van der Waals surface area contributed by atoms with Crippen molar-refractivity contribution in [2.24, 2.45) is 0 Å². The maximum absolute atomic E-state index is 4.18. The third-order valence-electron chi connectivity index (χ3n) is 3.54. The summed E-state index contributed by atoms with van der Waals surface area (Å²) >= 11 is 0. The van der Waals surface area contributed by atoms with Gasteiger partial charge in [0.1, 0.15) is 0 Å². The molecule has 0 aliphatic carbocycles. The Labute approximate surface area is 125 Å². The zero-order valence-electron chi connectivity index (χ0n) is 12.0. The molecule has 2 aromatic heterocycles. The first-order chi connectivity index (χ1) is 10.2. The summed E-state index contributed by atoms with van der Waals surface area (Å²) in [6, 6.07) is 16.6. The number of hydrogen-bond donors (Lipinski definition) is 0. The van der Waals surface area contributed by atoms with Gasteiger partial charge in [0, 0.05) is 30.1 Å². The predicted molar refractivity (Wildman–Crippen MR) is 85.5 cm³/mol. The fourth-order valence-electron chi connectivity index (χ4n) is 2.24. The van der Waals surface area contributed by atoms with E-state index in [-0.39, 0.29) is 0 Å². The van der Waals surface area contributed by atoms with Crippen LogP contribution in [0.5, 0.6) is 0 Å². The molecule has 2 heterocycles. The van der Waals surface area contributed by atoms with Crippen molar-refractivity contribution in [3.63, 3.8) is 0 Å². The second kappa shape index (κ2) is 5.71. The molecule has 0 aliphatic heterocycles. The van der Waals surface area contributed by atoms with Gasteiger partial charge in [0.15, 0.2) is 12.4 Å². The molecule has 2 nitrogen and oxygen atoms in total. The van der Waals surface area contributed by atoms with Gasteiger partial charge in [-0.25, -0.2) is 0 Å². The Bertz CT molecular complexity index is 742. The topological polar surface area (TPSA) is 16.8 Å². The van der Waals surface area contributed by atoms with Crippen molar-refractivity contribution in [1.82, 2.24) is 4.98 Å². The average molecular weight is 273 g/mol. The molecule has 21 heavy (non-hydrogen) atoms. The molecule has 0 saturated carbocycles. The van der Waals surface area contributed by atoms with Gasteiger partial charge in [-0.15, -0.1) is 0 Å². The van der Waals surface area contributed by atoms with E-state index in [9.17, 15) is 0 Å². The van der Waals surface area contributed by atoms with E-state index >= 15 is 0 Å². The van der Waals surface area contributed by atoms with Crippen LogP contribution in [0.4, 0.5) is 0 Å². The monoisotopic (exact) mass is 273 g/mol. The summed E-state index contributed by atoms with van der Waals surface area (Å²) in [5.74, 6) is 0. The van der Waals surface area contributed by atoms with E-state index in [1.807, 2.05) is 41.5 Å². The Morgan fingerprint density at radius 3 is 2.05 bits per heavy atom. The van der Waals surface area contributed by atoms with E-state index in [1.54, 1.807) is 0 Å². The van der Waals surface area contributed by atoms with Gasteiger partial charge in [-0.3, -0.25) is 4.98 Å². The van der Waals surface area contributed by atoms with Crippen molar-refractivity contribution in [1.29, 1.82) is 0 Å². The van der Waals surface area contributed by atoms with E-state index < -0.39 is 0 Å². The summed E-state index contributed by atoms with van der Waals surface area (Å²) in [7, 11) is 0. The number of hydrogen-bond acceptors (Lipinski definition) is 1. The molecule has 1 aromatic carbocycles. The van der Waals surface area contributed by atoms with E-state index in [2.05, 4.69) is 54.9 Å². The van der Waals surface area contributed by atoms with Gasteiger partial charge >= 0.3 is 0 Å². The number of pyridine rings is 2. The summed E-state index contributed by atoms with van der Waals surface area (Å²) < 4.78 is 2.04. The number of rotatable bonds is 3. The molecule has 0 atom stereocenters. The number of nitrogens with zero attached hydrogens (tertiary/aromatic N) is 2. The highest BCUT2D eigenvalue weighted by Gasteiger charge is 2.10. The minimum absolute atomic E-state index is 0.969. The minimum atomic E-state index is 0.969. The van der Waals surface area contributed by atoms with Gasteiger partial charge in [0.2, 0.25) is 5.70 Å². The summed E-state index contributed by atoms with van der Waals surface area (Å²) in [4.78, 5) is 4.04. The first-order valence-corrected chi connectivity index (χ1v) is 6.92. The molecule has 0 fully saturated rings. The lowest BCUT2D eigenvalue weighted by atomic mass is 10.1. The molecule has 3 rings (SSSR count). The van der Waals surface area contributed by atoms with E-state index in [0.29, 0.717) is 0 Å². The summed E-state index contributed by atoms with van der Waals surface area (Å²) in [6.07, 6.45) is 7.69. The lowest BCUT2D eigenvalue weighted by Gasteiger charge is -2.03. The van der Waals surface area contributed by atoms with Gasteiger partial charge in [-0.1, -0.05) is 17.7 Å². The van der Waals surface area contributed by atoms with Crippen molar-refractivity contribution in [3.05, 3.63) is 91.0 Å². The van der Waals surface area contributed by atoms with Crippen LogP contribution in [0.1, 0.15) is 11.1 Å². The highest BCUT2D eigenvalue weighted by Crippen LogP contribution is 2.17. The third-order valence-corrected chi connectivity index (χ3v) is 3.54. The summed E-state index contributed by atoms with van der Waals surface area (Å²) in [5.41, 5.74) is 5.69. The Hall–Kier alpha value is -2.74. The molecule has 0 unspecified atom stereocenters. The Balaban J connectivity index is 1.87. The van der Waals surface area contributed by atoms with Crippen LogP contribution in [0.15, 0.2) is 79.9 Å². The Kier molecular flexibility index (Phi) is 3.61. The fraction of sp³-hybridized carbons (Fsp3) is 0.0526. The minimum Gasteiger partial charge on any atom is -0.265 e. The normalized spacial score (nSPS) is 10.3. The predicted octanol–water partition coefficient (Wildman–Crippen LogP) is 3.86. The summed E-state index contributed by atoms with van der Waals surface area (Å²) in [6.45, 7) is 6.27. The molecule has 0 radical (unpaired) electrons. The first kappa shape index (κ1) is 13.3. The number of aromatic nitrogens is 2. The maximum atomic E-state index is 4.18. The SMILES string of the molecule is C=C(c1ccc(C)cc1)[n+]1ccc(-c2ccncc2)cc1. The van der Waals surface area contributed by atoms with Gasteiger partial charge in [0.05, 0.1) is 0 Å². The highest BCUT2D eigenvalue weighted by atomic mass is 14.9. The second-order valence-corrected chi connectivity index (χ2v) is 5.04. The molecule has 0 bridgehead atoms. The molecule has 0 saturated heterocycles. The van der Waals surface area contributed by atoms with Crippen LogP contribution in [0.2, 0.25) is 0 Å². The molecule has 102 valence electrons. The first-order valence-electron chi connectivity index (χ1n) is 6.92. The Morgan fingerprint density at radius 1 is 0.857 bits per heavy atom. The van der Waals surface area contributed by atoms with E-state index in [0.717, 1.165) is 16.8 Å². The smallest absolute Gasteiger partial charge is 0.210 e. The largest absolute Gasteiger partial charge is 0.265 e. The quantitative estimate of drug-likeness (QED) is 0.662. The average Bonchev–Trinajstić information content (AvgIpc) is 2.56. The molecule has 0 spiro atoms. The summed E-state index contributed by atoms with van der Waals surface area (Å²) in [5, 5.41) is 0. The van der Waals surface area contributed by atoms with E-state index in [4.69, 9.17) is 0 Å². The lowest BCUT2D eigenvalue weighted by molar-refractivity contribution is -0.578. The molecule has 2 heteroatoms. The fourth-order valence-corrected chi connectivity index (χ4v) is 2.24. The van der Waals surface area contributed by atoms with Crippen molar-refractivity contribution in [2.75, 3.05) is 0 Å². The molecule has 3 aromatic rings. The van der Waals surface area contributed by atoms with Crippen LogP contribution in [0.25, 0.3) is 16.8 Å². The van der Waals surface area contributed by atoms with Crippen molar-refractivity contribution < 1.29 is 4.57 Å². The van der Waals surface area contributed by atoms with Crippen molar-refractivity contribution in [2.45, 2.75) is 6.92 Å². The van der Waals surface area contributed by atoms with Gasteiger partial charge in [-0.2, -0.15) is 4.57 Å². The van der Waals surface area contributed by atoms with Crippen LogP contribution in [0.3, 0.4) is 0 Å². The van der Waals surface area contributed by atoms with Crippen LogP contribution in [-0.4, -0.2) is 4.98 Å². The van der Waals surface area contributed by atoms with Crippen LogP contribution < -0.4 is 4.57 Å². The van der Waals surface area contributed by atoms with Gasteiger partial charge in [0.25, 0.3) is 0 Å². The van der Waals surface area contributed by atoms with Crippen LogP contribution in [0, 0.1) is 6.92 Å². The van der Waals surface area contributed by atoms with Gasteiger partial charge in [-0.05, 0) is 48.9 Å². The number of benzene rings is 1. The van der Waals surface area contributed by atoms with Crippen molar-refractivity contribution >= 4 is 5.70 Å². The second-order valence-electron chi connectivity index (χ2n) is 5.04. The maximum Gasteiger partial charge on any atom is 0.210 e. The zero-order chi connectivity index (χ0) is 14.7. The molecular weight excluding hydrogens is 256 g/mol. The molecule has 0 N–H and O–H groups in total. The zero-order valence-corrected chi connectivity index (χ0v) is 12.0. The third kappa shape index (κ3) is 2.90. The highest BCUT2D eigenvalue weighted by molar-refractivity contribution is 5.62. The molecular formula is C19H17N2+. The Morgan fingerprint density at radius 2 is 1.43 bits per heavy atom. The number of aryl methyl sites for hydroxylation is 1. The molecule has 0 aliphatic rings. The van der Waals surface area contributed by atoms with Crippen molar-refractivity contribution in [3.8, 4) is 11.1 Å². The van der Waals surface area contributed by atoms with Gasteiger partial charge < -0.3 is 0 Å². The standard InChI is InChI=1S/C19H17N2/c1-15-3-5-17(6-4-15)16(2)21-13-9-19(10-14-21)18-7-11-20-12-8-18/h3-14H,2H2,1H3/q+1.